The second-order valence-corrected chi connectivity index (χ2v) is 3.86. The Labute approximate surface area is 103 Å². The average molecular weight is 239 g/mol. The van der Waals surface area contributed by atoms with Gasteiger partial charge in [0.05, 0.1) is 14.2 Å². The molecule has 4 heteroatoms. The maximum atomic E-state index is 6.10. The highest BCUT2D eigenvalue weighted by Gasteiger charge is 2.10. The molecule has 1 aromatic carbocycles. The molecule has 1 unspecified atom stereocenters. The summed E-state index contributed by atoms with van der Waals surface area (Å²) in [7, 11) is 4.94. The Hall–Kier alpha value is -1.26. The van der Waals surface area contributed by atoms with Crippen molar-refractivity contribution < 1.29 is 14.2 Å². The zero-order valence-electron chi connectivity index (χ0n) is 10.7. The summed E-state index contributed by atoms with van der Waals surface area (Å²) in [6.45, 7) is 0.737. The number of rotatable bonds is 7. The van der Waals surface area contributed by atoms with Crippen LogP contribution in [0.2, 0.25) is 0 Å². The minimum absolute atomic E-state index is 0.00459. The monoisotopic (exact) mass is 239 g/mol. The molecular formula is C13H21NO3. The largest absolute Gasteiger partial charge is 0.493 e. The molecule has 1 aromatic rings. The van der Waals surface area contributed by atoms with Crippen LogP contribution in [0, 0.1) is 0 Å². The van der Waals surface area contributed by atoms with Gasteiger partial charge in [0.2, 0.25) is 0 Å². The van der Waals surface area contributed by atoms with Crippen molar-refractivity contribution in [2.45, 2.75) is 18.9 Å². The zero-order chi connectivity index (χ0) is 12.7. The molecule has 0 bridgehead atoms. The fourth-order valence-corrected chi connectivity index (χ4v) is 1.70. The summed E-state index contributed by atoms with van der Waals surface area (Å²) in [5, 5.41) is 0. The van der Waals surface area contributed by atoms with Crippen LogP contribution in [0.15, 0.2) is 18.2 Å². The Kier molecular flexibility index (Phi) is 5.80. The highest BCUT2D eigenvalue weighted by atomic mass is 16.5. The lowest BCUT2D eigenvalue weighted by molar-refractivity contribution is 0.190. The molecule has 0 aliphatic carbocycles. The van der Waals surface area contributed by atoms with Gasteiger partial charge < -0.3 is 19.9 Å². The molecule has 0 spiro atoms. The molecule has 0 aromatic heterocycles. The maximum absolute atomic E-state index is 6.10. The molecule has 0 heterocycles. The third-order valence-corrected chi connectivity index (χ3v) is 2.70. The van der Waals surface area contributed by atoms with E-state index in [1.54, 1.807) is 21.3 Å². The predicted molar refractivity (Wildman–Crippen MR) is 67.6 cm³/mol. The predicted octanol–water partition coefficient (Wildman–Crippen LogP) is 2.13. The Morgan fingerprint density at radius 1 is 1.12 bits per heavy atom. The van der Waals surface area contributed by atoms with Crippen LogP contribution in [-0.2, 0) is 4.74 Å². The molecule has 4 nitrogen and oxygen atoms in total. The molecule has 1 rings (SSSR count). The van der Waals surface area contributed by atoms with Crippen molar-refractivity contribution in [3.63, 3.8) is 0 Å². The number of methoxy groups -OCH3 is 3. The molecule has 0 saturated heterocycles. The van der Waals surface area contributed by atoms with E-state index in [-0.39, 0.29) is 6.04 Å². The quantitative estimate of drug-likeness (QED) is 0.741. The summed E-state index contributed by atoms with van der Waals surface area (Å²) in [6.07, 6.45) is 1.84. The van der Waals surface area contributed by atoms with E-state index in [1.165, 1.54) is 0 Å². The van der Waals surface area contributed by atoms with Gasteiger partial charge >= 0.3 is 0 Å². The second-order valence-electron chi connectivity index (χ2n) is 3.86. The molecule has 1 atom stereocenters. The first-order chi connectivity index (χ1) is 8.22. The summed E-state index contributed by atoms with van der Waals surface area (Å²) < 4.78 is 15.4. The SMILES string of the molecule is COCCCC(N)c1ccc(OC)c(OC)c1. The molecule has 0 fully saturated rings. The highest BCUT2D eigenvalue weighted by molar-refractivity contribution is 5.43. The van der Waals surface area contributed by atoms with Gasteiger partial charge in [0.25, 0.3) is 0 Å². The van der Waals surface area contributed by atoms with Crippen LogP contribution < -0.4 is 15.2 Å². The minimum atomic E-state index is 0.00459. The first-order valence-corrected chi connectivity index (χ1v) is 5.69. The normalized spacial score (nSPS) is 12.2. The fourth-order valence-electron chi connectivity index (χ4n) is 1.70. The van der Waals surface area contributed by atoms with Gasteiger partial charge in [-0.05, 0) is 30.5 Å². The Morgan fingerprint density at radius 3 is 2.41 bits per heavy atom. The summed E-state index contributed by atoms with van der Waals surface area (Å²) in [5.41, 5.74) is 7.15. The van der Waals surface area contributed by atoms with Crippen molar-refractivity contribution in [3.8, 4) is 11.5 Å². The van der Waals surface area contributed by atoms with Gasteiger partial charge in [0.1, 0.15) is 0 Å². The van der Waals surface area contributed by atoms with Gasteiger partial charge in [-0.25, -0.2) is 0 Å². The van der Waals surface area contributed by atoms with E-state index in [0.717, 1.165) is 30.8 Å². The van der Waals surface area contributed by atoms with Crippen molar-refractivity contribution in [3.05, 3.63) is 23.8 Å². The Morgan fingerprint density at radius 2 is 1.82 bits per heavy atom. The molecule has 96 valence electrons. The topological polar surface area (TPSA) is 53.7 Å². The fraction of sp³-hybridized carbons (Fsp3) is 0.538. The molecule has 0 saturated carbocycles. The zero-order valence-corrected chi connectivity index (χ0v) is 10.7. The van der Waals surface area contributed by atoms with Crippen molar-refractivity contribution >= 4 is 0 Å². The van der Waals surface area contributed by atoms with E-state index in [0.29, 0.717) is 5.75 Å². The van der Waals surface area contributed by atoms with Gasteiger partial charge in [-0.2, -0.15) is 0 Å². The third kappa shape index (κ3) is 3.91. The van der Waals surface area contributed by atoms with E-state index >= 15 is 0 Å². The van der Waals surface area contributed by atoms with E-state index < -0.39 is 0 Å². The molecule has 0 radical (unpaired) electrons. The summed E-state index contributed by atoms with van der Waals surface area (Å²) in [6, 6.07) is 5.78. The van der Waals surface area contributed by atoms with Crippen LogP contribution in [0.5, 0.6) is 11.5 Å². The standard InChI is InChI=1S/C13H21NO3/c1-15-8-4-5-11(14)10-6-7-12(16-2)13(9-10)17-3/h6-7,9,11H,4-5,8,14H2,1-3H3. The molecule has 0 aliphatic heterocycles. The lowest BCUT2D eigenvalue weighted by Gasteiger charge is -2.14. The Balaban J connectivity index is 2.70. The van der Waals surface area contributed by atoms with Crippen LogP contribution >= 0.6 is 0 Å². The summed E-state index contributed by atoms with van der Waals surface area (Å²) in [5.74, 6) is 1.44. The number of hydrogen-bond donors (Lipinski definition) is 1. The average Bonchev–Trinajstić information content (AvgIpc) is 2.38. The maximum Gasteiger partial charge on any atom is 0.161 e. The van der Waals surface area contributed by atoms with Crippen molar-refractivity contribution in [2.24, 2.45) is 5.73 Å². The minimum Gasteiger partial charge on any atom is -0.493 e. The van der Waals surface area contributed by atoms with Crippen LogP contribution in [0.4, 0.5) is 0 Å². The van der Waals surface area contributed by atoms with E-state index in [9.17, 15) is 0 Å². The Bertz CT molecular complexity index is 341. The van der Waals surface area contributed by atoms with E-state index in [1.807, 2.05) is 18.2 Å². The number of ether oxygens (including phenoxy) is 3. The number of hydrogen-bond acceptors (Lipinski definition) is 4. The van der Waals surface area contributed by atoms with Gasteiger partial charge in [0.15, 0.2) is 11.5 Å². The summed E-state index contributed by atoms with van der Waals surface area (Å²) >= 11 is 0. The molecular weight excluding hydrogens is 218 g/mol. The smallest absolute Gasteiger partial charge is 0.161 e. The van der Waals surface area contributed by atoms with Gasteiger partial charge in [-0.3, -0.25) is 0 Å². The van der Waals surface area contributed by atoms with E-state index in [2.05, 4.69) is 0 Å². The van der Waals surface area contributed by atoms with Crippen LogP contribution in [-0.4, -0.2) is 27.9 Å². The van der Waals surface area contributed by atoms with Crippen LogP contribution in [0.3, 0.4) is 0 Å². The van der Waals surface area contributed by atoms with Crippen molar-refractivity contribution in [2.75, 3.05) is 27.9 Å². The second kappa shape index (κ2) is 7.14. The highest BCUT2D eigenvalue weighted by Crippen LogP contribution is 2.30. The molecule has 2 N–H and O–H groups in total. The third-order valence-electron chi connectivity index (χ3n) is 2.70. The van der Waals surface area contributed by atoms with Crippen molar-refractivity contribution in [1.82, 2.24) is 0 Å². The summed E-state index contributed by atoms with van der Waals surface area (Å²) in [4.78, 5) is 0. The lowest BCUT2D eigenvalue weighted by Crippen LogP contribution is -2.11. The first kappa shape index (κ1) is 13.8. The van der Waals surface area contributed by atoms with Gasteiger partial charge in [-0.15, -0.1) is 0 Å². The van der Waals surface area contributed by atoms with E-state index in [4.69, 9.17) is 19.9 Å². The van der Waals surface area contributed by atoms with Crippen LogP contribution in [0.1, 0.15) is 24.4 Å². The van der Waals surface area contributed by atoms with Gasteiger partial charge in [0, 0.05) is 19.8 Å². The number of benzene rings is 1. The van der Waals surface area contributed by atoms with Gasteiger partial charge in [-0.1, -0.05) is 6.07 Å². The van der Waals surface area contributed by atoms with Crippen molar-refractivity contribution in [1.29, 1.82) is 0 Å². The first-order valence-electron chi connectivity index (χ1n) is 5.69. The van der Waals surface area contributed by atoms with Crippen LogP contribution in [0.25, 0.3) is 0 Å². The molecule has 0 amide bonds. The molecule has 0 aliphatic rings. The molecule has 17 heavy (non-hydrogen) atoms. The number of nitrogens with two attached hydrogens (primary N) is 1. The lowest BCUT2D eigenvalue weighted by atomic mass is 10.0.